The molecule has 0 amide bonds. The second kappa shape index (κ2) is 4.64. The zero-order valence-corrected chi connectivity index (χ0v) is 9.83. The van der Waals surface area contributed by atoms with Crippen molar-refractivity contribution in [1.82, 2.24) is 0 Å². The van der Waals surface area contributed by atoms with Crippen LogP contribution >= 0.6 is 0 Å². The van der Waals surface area contributed by atoms with Crippen LogP contribution in [0.2, 0.25) is 0 Å². The van der Waals surface area contributed by atoms with Crippen molar-refractivity contribution in [2.45, 2.75) is 26.2 Å². The van der Waals surface area contributed by atoms with Crippen molar-refractivity contribution in [1.29, 1.82) is 0 Å². The van der Waals surface area contributed by atoms with Gasteiger partial charge in [-0.05, 0) is 18.6 Å². The summed E-state index contributed by atoms with van der Waals surface area (Å²) in [6, 6.07) is 6.15. The van der Waals surface area contributed by atoms with E-state index >= 15 is 0 Å². The molecule has 0 aromatic heterocycles. The predicted molar refractivity (Wildman–Crippen MR) is 60.9 cm³/mol. The molecule has 3 heteroatoms. The molecule has 0 atom stereocenters. The van der Waals surface area contributed by atoms with Crippen molar-refractivity contribution in [3.05, 3.63) is 29.3 Å². The number of ether oxygens (including phenoxy) is 1. The number of hydrogen-bond donors (Lipinski definition) is 1. The summed E-state index contributed by atoms with van der Waals surface area (Å²) < 4.78 is 5.36. The minimum atomic E-state index is -0.145. The van der Waals surface area contributed by atoms with Gasteiger partial charge in [0, 0.05) is 11.0 Å². The van der Waals surface area contributed by atoms with E-state index in [2.05, 4.69) is 26.0 Å². The summed E-state index contributed by atoms with van der Waals surface area (Å²) in [4.78, 5) is 4.74. The fourth-order valence-electron chi connectivity index (χ4n) is 1.64. The topological polar surface area (TPSA) is 44.5 Å². The molecule has 0 heterocycles. The van der Waals surface area contributed by atoms with Crippen LogP contribution in [0.25, 0.3) is 0 Å². The Kier molecular flexibility index (Phi) is 3.72. The maximum atomic E-state index is 5.36. The van der Waals surface area contributed by atoms with Crippen LogP contribution in [0.5, 0.6) is 5.75 Å². The van der Waals surface area contributed by atoms with Gasteiger partial charge in [0.1, 0.15) is 5.75 Å². The zero-order valence-electron chi connectivity index (χ0n) is 9.83. The van der Waals surface area contributed by atoms with Gasteiger partial charge < -0.3 is 9.57 Å². The van der Waals surface area contributed by atoms with E-state index < -0.39 is 0 Å². The Balaban J connectivity index is 3.12. The molecule has 0 unspecified atom stereocenters. The summed E-state index contributed by atoms with van der Waals surface area (Å²) in [6.07, 6.45) is 0. The third kappa shape index (κ3) is 2.70. The van der Waals surface area contributed by atoms with E-state index in [9.17, 15) is 0 Å². The molecule has 84 valence electrons. The first-order valence-electron chi connectivity index (χ1n) is 4.98. The Morgan fingerprint density at radius 1 is 1.33 bits per heavy atom. The van der Waals surface area contributed by atoms with E-state index in [1.165, 1.54) is 5.56 Å². The smallest absolute Gasteiger partial charge is 0.122 e. The van der Waals surface area contributed by atoms with Crippen molar-refractivity contribution in [3.8, 4) is 5.75 Å². The van der Waals surface area contributed by atoms with Crippen LogP contribution in [0.3, 0.4) is 0 Å². The van der Waals surface area contributed by atoms with Crippen LogP contribution in [0, 0.1) is 6.92 Å². The number of benzene rings is 1. The monoisotopic (exact) mass is 209 g/mol. The molecule has 3 nitrogen and oxygen atoms in total. The van der Waals surface area contributed by atoms with Crippen molar-refractivity contribution in [3.63, 3.8) is 0 Å². The van der Waals surface area contributed by atoms with Crippen molar-refractivity contribution < 1.29 is 9.57 Å². The van der Waals surface area contributed by atoms with Gasteiger partial charge >= 0.3 is 0 Å². The molecule has 0 aliphatic carbocycles. The Labute approximate surface area is 91.1 Å². The van der Waals surface area contributed by atoms with E-state index in [-0.39, 0.29) is 5.41 Å². The highest BCUT2D eigenvalue weighted by atomic mass is 16.6. The average molecular weight is 209 g/mol. The van der Waals surface area contributed by atoms with E-state index in [4.69, 9.17) is 15.5 Å². The molecule has 1 aromatic carbocycles. The maximum absolute atomic E-state index is 5.36. The second-order valence-corrected chi connectivity index (χ2v) is 4.40. The first-order valence-corrected chi connectivity index (χ1v) is 4.98. The van der Waals surface area contributed by atoms with Gasteiger partial charge in [-0.1, -0.05) is 26.0 Å². The summed E-state index contributed by atoms with van der Waals surface area (Å²) in [5.41, 5.74) is 2.15. The minimum Gasteiger partial charge on any atom is -0.496 e. The van der Waals surface area contributed by atoms with E-state index in [1.807, 2.05) is 13.0 Å². The molecule has 0 bridgehead atoms. The van der Waals surface area contributed by atoms with E-state index in [0.29, 0.717) is 6.61 Å². The molecule has 1 rings (SSSR count). The largest absolute Gasteiger partial charge is 0.496 e. The number of rotatable bonds is 4. The summed E-state index contributed by atoms with van der Waals surface area (Å²) >= 11 is 0. The van der Waals surface area contributed by atoms with Crippen LogP contribution in [0.15, 0.2) is 18.2 Å². The Morgan fingerprint density at radius 2 is 2.00 bits per heavy atom. The molecule has 0 aliphatic heterocycles. The van der Waals surface area contributed by atoms with Crippen molar-refractivity contribution >= 4 is 0 Å². The number of nitrogens with two attached hydrogens (primary N) is 1. The summed E-state index contributed by atoms with van der Waals surface area (Å²) in [7, 11) is 1.68. The highest BCUT2D eigenvalue weighted by Crippen LogP contribution is 2.32. The van der Waals surface area contributed by atoms with Gasteiger partial charge in [-0.15, -0.1) is 0 Å². The van der Waals surface area contributed by atoms with E-state index in [0.717, 1.165) is 11.3 Å². The normalized spacial score (nSPS) is 11.5. The van der Waals surface area contributed by atoms with Gasteiger partial charge in [-0.3, -0.25) is 0 Å². The number of hydrogen-bond acceptors (Lipinski definition) is 3. The van der Waals surface area contributed by atoms with Gasteiger partial charge in [0.05, 0.1) is 13.7 Å². The molecule has 0 saturated carbocycles. The minimum absolute atomic E-state index is 0.145. The zero-order chi connectivity index (χ0) is 11.5. The molecular weight excluding hydrogens is 190 g/mol. The molecule has 0 spiro atoms. The molecule has 2 N–H and O–H groups in total. The molecular formula is C12H19NO2. The summed E-state index contributed by atoms with van der Waals surface area (Å²) in [5.74, 6) is 6.02. The standard InChI is InChI=1S/C12H19NO2/c1-9-5-6-10(11(7-9)14-4)12(2,3)8-15-13/h5-7H,8,13H2,1-4H3. The lowest BCUT2D eigenvalue weighted by Gasteiger charge is -2.26. The Hall–Kier alpha value is -1.06. The van der Waals surface area contributed by atoms with Crippen molar-refractivity contribution in [2.75, 3.05) is 13.7 Å². The van der Waals surface area contributed by atoms with Crippen LogP contribution in [-0.2, 0) is 10.3 Å². The average Bonchev–Trinajstić information content (AvgIpc) is 2.17. The number of methoxy groups -OCH3 is 1. The molecule has 15 heavy (non-hydrogen) atoms. The summed E-state index contributed by atoms with van der Waals surface area (Å²) in [6.45, 7) is 6.66. The first-order chi connectivity index (χ1) is 7.01. The van der Waals surface area contributed by atoms with Crippen LogP contribution in [0.1, 0.15) is 25.0 Å². The van der Waals surface area contributed by atoms with Crippen LogP contribution < -0.4 is 10.6 Å². The molecule has 0 radical (unpaired) electrons. The lowest BCUT2D eigenvalue weighted by Crippen LogP contribution is -2.26. The third-order valence-electron chi connectivity index (χ3n) is 2.53. The quantitative estimate of drug-likeness (QED) is 0.773. The SMILES string of the molecule is COc1cc(C)ccc1C(C)(C)CON. The Bertz CT molecular complexity index is 334. The third-order valence-corrected chi connectivity index (χ3v) is 2.53. The highest BCUT2D eigenvalue weighted by molar-refractivity contribution is 5.41. The molecule has 0 saturated heterocycles. The lowest BCUT2D eigenvalue weighted by molar-refractivity contribution is 0.0954. The lowest BCUT2D eigenvalue weighted by atomic mass is 9.84. The molecule has 1 aromatic rings. The Morgan fingerprint density at radius 3 is 2.53 bits per heavy atom. The van der Waals surface area contributed by atoms with Crippen LogP contribution in [0.4, 0.5) is 0 Å². The van der Waals surface area contributed by atoms with Gasteiger partial charge in [-0.25, -0.2) is 5.90 Å². The molecule has 0 aliphatic rings. The van der Waals surface area contributed by atoms with Crippen LogP contribution in [-0.4, -0.2) is 13.7 Å². The fraction of sp³-hybridized carbons (Fsp3) is 0.500. The highest BCUT2D eigenvalue weighted by Gasteiger charge is 2.24. The second-order valence-electron chi connectivity index (χ2n) is 4.40. The predicted octanol–water partition coefficient (Wildman–Crippen LogP) is 2.17. The molecule has 0 fully saturated rings. The maximum Gasteiger partial charge on any atom is 0.122 e. The number of aryl methyl sites for hydroxylation is 1. The fourth-order valence-corrected chi connectivity index (χ4v) is 1.64. The first kappa shape index (κ1) is 12.0. The van der Waals surface area contributed by atoms with E-state index in [1.54, 1.807) is 7.11 Å². The van der Waals surface area contributed by atoms with Gasteiger partial charge in [0.25, 0.3) is 0 Å². The van der Waals surface area contributed by atoms with Gasteiger partial charge in [0.2, 0.25) is 0 Å². The van der Waals surface area contributed by atoms with Gasteiger partial charge in [-0.2, -0.15) is 0 Å². The van der Waals surface area contributed by atoms with Crippen molar-refractivity contribution in [2.24, 2.45) is 5.90 Å². The van der Waals surface area contributed by atoms with Gasteiger partial charge in [0.15, 0.2) is 0 Å². The summed E-state index contributed by atoms with van der Waals surface area (Å²) in [5, 5.41) is 0.